The van der Waals surface area contributed by atoms with E-state index in [-0.39, 0.29) is 22.9 Å². The third-order valence-corrected chi connectivity index (χ3v) is 4.92. The van der Waals surface area contributed by atoms with E-state index in [1.807, 2.05) is 0 Å². The van der Waals surface area contributed by atoms with Gasteiger partial charge in [0, 0.05) is 5.56 Å². The maximum absolute atomic E-state index is 13.2. The summed E-state index contributed by atoms with van der Waals surface area (Å²) in [6, 6.07) is 10.7. The molecule has 1 amide bonds. The van der Waals surface area contributed by atoms with Crippen LogP contribution in [0, 0.1) is 0 Å². The molecule has 160 valence electrons. The Bertz CT molecular complexity index is 1120. The first kappa shape index (κ1) is 20.8. The van der Waals surface area contributed by atoms with Crippen molar-refractivity contribution < 1.29 is 27.5 Å². The van der Waals surface area contributed by atoms with Crippen molar-refractivity contribution in [2.75, 3.05) is 11.4 Å². The Kier molecular flexibility index (Phi) is 5.12. The number of hydrogen-bond acceptors (Lipinski definition) is 5. The molecule has 6 nitrogen and oxygen atoms in total. The van der Waals surface area contributed by atoms with Crippen molar-refractivity contribution in [3.8, 4) is 11.1 Å². The Balaban J connectivity index is 1.83. The summed E-state index contributed by atoms with van der Waals surface area (Å²) in [5.41, 5.74) is 1.89. The van der Waals surface area contributed by atoms with Crippen LogP contribution in [-0.4, -0.2) is 30.7 Å². The van der Waals surface area contributed by atoms with E-state index in [0.717, 1.165) is 0 Å². The number of amides is 1. The first-order valence-electron chi connectivity index (χ1n) is 9.58. The maximum atomic E-state index is 13.2. The molecule has 2 aliphatic heterocycles. The van der Waals surface area contributed by atoms with Gasteiger partial charge in [0.05, 0.1) is 29.1 Å². The largest absolute Gasteiger partial charge is 0.459 e. The number of halogens is 3. The molecule has 0 radical (unpaired) electrons. The van der Waals surface area contributed by atoms with Crippen LogP contribution in [0.1, 0.15) is 35.8 Å². The highest BCUT2D eigenvalue weighted by Crippen LogP contribution is 2.45. The van der Waals surface area contributed by atoms with E-state index in [9.17, 15) is 22.8 Å². The first-order chi connectivity index (χ1) is 14.7. The molecule has 9 heteroatoms. The van der Waals surface area contributed by atoms with E-state index in [1.54, 1.807) is 50.2 Å². The van der Waals surface area contributed by atoms with E-state index in [1.165, 1.54) is 12.3 Å². The lowest BCUT2D eigenvalue weighted by Gasteiger charge is -2.33. The number of alkyl halides is 3. The Morgan fingerprint density at radius 1 is 1.19 bits per heavy atom. The molecule has 0 spiro atoms. The van der Waals surface area contributed by atoms with Gasteiger partial charge in [-0.3, -0.25) is 9.69 Å². The zero-order chi connectivity index (χ0) is 22.3. The van der Waals surface area contributed by atoms with Gasteiger partial charge >= 0.3 is 12.1 Å². The van der Waals surface area contributed by atoms with Gasteiger partial charge < -0.3 is 4.74 Å². The van der Waals surface area contributed by atoms with Crippen molar-refractivity contribution in [2.45, 2.75) is 32.2 Å². The smallest absolute Gasteiger partial charge is 0.406 e. The molecule has 31 heavy (non-hydrogen) atoms. The van der Waals surface area contributed by atoms with Gasteiger partial charge in [-0.1, -0.05) is 30.3 Å². The van der Waals surface area contributed by atoms with Crippen molar-refractivity contribution >= 4 is 17.6 Å². The van der Waals surface area contributed by atoms with Crippen LogP contribution in [0.2, 0.25) is 0 Å². The lowest BCUT2D eigenvalue weighted by atomic mass is 9.89. The Labute approximate surface area is 176 Å². The summed E-state index contributed by atoms with van der Waals surface area (Å²) in [5, 5.41) is 7.72. The number of ether oxygens (including phenoxy) is 1. The quantitative estimate of drug-likeness (QED) is 0.626. The van der Waals surface area contributed by atoms with Gasteiger partial charge in [-0.05, 0) is 37.1 Å². The second kappa shape index (κ2) is 7.64. The highest BCUT2D eigenvalue weighted by molar-refractivity contribution is 6.10. The van der Waals surface area contributed by atoms with Crippen LogP contribution in [0.25, 0.3) is 11.1 Å². The molecule has 0 fully saturated rings. The molecule has 2 aliphatic rings. The van der Waals surface area contributed by atoms with Crippen LogP contribution in [0.15, 0.2) is 64.5 Å². The van der Waals surface area contributed by atoms with Crippen molar-refractivity contribution in [1.29, 1.82) is 0 Å². The lowest BCUT2D eigenvalue weighted by Crippen LogP contribution is -2.43. The van der Waals surface area contributed by atoms with Crippen molar-refractivity contribution in [3.63, 3.8) is 0 Å². The van der Waals surface area contributed by atoms with Crippen LogP contribution in [0.5, 0.6) is 0 Å². The Morgan fingerprint density at radius 2 is 1.94 bits per heavy atom. The average molecular weight is 429 g/mol. The minimum atomic E-state index is -4.60. The van der Waals surface area contributed by atoms with Gasteiger partial charge in [-0.2, -0.15) is 23.4 Å². The molecule has 1 atom stereocenters. The molecule has 0 saturated carbocycles. The molecular weight excluding hydrogens is 411 g/mol. The first-order valence-corrected chi connectivity index (χ1v) is 9.58. The van der Waals surface area contributed by atoms with Crippen LogP contribution >= 0.6 is 0 Å². The minimum Gasteiger partial charge on any atom is -0.459 e. The molecule has 1 unspecified atom stereocenters. The number of fused-ring (bicyclic) bond motifs is 3. The second-order valence-electron chi connectivity index (χ2n) is 7.50. The van der Waals surface area contributed by atoms with Gasteiger partial charge in [0.1, 0.15) is 12.6 Å². The number of rotatable bonds is 4. The van der Waals surface area contributed by atoms with Crippen LogP contribution < -0.4 is 4.90 Å². The molecule has 2 heterocycles. The standard InChI is InChI=1S/C22H18F3N3O3/c1-12(2)31-21(30)15-6-4-3-5-14(15)13-7-8-16-18(9-13)28(11-22(23,24)25)20(29)17-10-26-27-19(16)17/h3-10,12,19H,11H2,1-2H3. The molecule has 0 bridgehead atoms. The molecule has 0 saturated heterocycles. The normalized spacial score (nSPS) is 17.5. The van der Waals surface area contributed by atoms with Gasteiger partial charge in [-0.25, -0.2) is 4.79 Å². The fourth-order valence-corrected chi connectivity index (χ4v) is 3.66. The van der Waals surface area contributed by atoms with Gasteiger partial charge in [0.15, 0.2) is 0 Å². The minimum absolute atomic E-state index is 0.0925. The predicted octanol–water partition coefficient (Wildman–Crippen LogP) is 5.22. The summed E-state index contributed by atoms with van der Waals surface area (Å²) in [5.74, 6) is -1.33. The SMILES string of the molecule is CC(C)OC(=O)c1ccccc1-c1ccc2c(c1)N(CC(F)(F)F)C(=O)C1=CN=NC12. The van der Waals surface area contributed by atoms with Gasteiger partial charge in [-0.15, -0.1) is 0 Å². The number of nitrogens with zero attached hydrogens (tertiary/aromatic N) is 3. The number of anilines is 1. The number of carbonyl (C=O) groups is 2. The molecular formula is C22H18F3N3O3. The Morgan fingerprint density at radius 3 is 2.65 bits per heavy atom. The highest BCUT2D eigenvalue weighted by Gasteiger charge is 2.43. The summed E-state index contributed by atoms with van der Waals surface area (Å²) in [6.07, 6.45) is -3.73. The van der Waals surface area contributed by atoms with Crippen LogP contribution in [-0.2, 0) is 9.53 Å². The number of esters is 1. The summed E-state index contributed by atoms with van der Waals surface area (Å²) < 4.78 is 45.0. The molecule has 0 aromatic heterocycles. The summed E-state index contributed by atoms with van der Waals surface area (Å²) in [7, 11) is 0. The van der Waals surface area contributed by atoms with Crippen molar-refractivity contribution in [3.05, 3.63) is 65.4 Å². The van der Waals surface area contributed by atoms with Crippen molar-refractivity contribution in [1.82, 2.24) is 0 Å². The predicted molar refractivity (Wildman–Crippen MR) is 107 cm³/mol. The monoisotopic (exact) mass is 429 g/mol. The summed E-state index contributed by atoms with van der Waals surface area (Å²) >= 11 is 0. The summed E-state index contributed by atoms with van der Waals surface area (Å²) in [6.45, 7) is 2.01. The van der Waals surface area contributed by atoms with Crippen molar-refractivity contribution in [2.24, 2.45) is 10.2 Å². The topological polar surface area (TPSA) is 71.3 Å². The number of benzene rings is 2. The van der Waals surface area contributed by atoms with Gasteiger partial charge in [0.2, 0.25) is 0 Å². The zero-order valence-corrected chi connectivity index (χ0v) is 16.7. The molecule has 2 aromatic rings. The number of carbonyl (C=O) groups excluding carboxylic acids is 2. The summed E-state index contributed by atoms with van der Waals surface area (Å²) in [4.78, 5) is 26.0. The lowest BCUT2D eigenvalue weighted by molar-refractivity contribution is -0.130. The second-order valence-corrected chi connectivity index (χ2v) is 7.50. The van der Waals surface area contributed by atoms with Gasteiger partial charge in [0.25, 0.3) is 5.91 Å². The van der Waals surface area contributed by atoms with E-state index in [2.05, 4.69) is 10.2 Å². The zero-order valence-electron chi connectivity index (χ0n) is 16.7. The van der Waals surface area contributed by atoms with E-state index in [0.29, 0.717) is 21.6 Å². The molecule has 0 N–H and O–H groups in total. The maximum Gasteiger partial charge on any atom is 0.406 e. The fraction of sp³-hybridized carbons (Fsp3) is 0.273. The Hall–Kier alpha value is -3.49. The molecule has 2 aromatic carbocycles. The third kappa shape index (κ3) is 3.95. The highest BCUT2D eigenvalue weighted by atomic mass is 19.4. The fourth-order valence-electron chi connectivity index (χ4n) is 3.66. The van der Waals surface area contributed by atoms with Crippen LogP contribution in [0.3, 0.4) is 0 Å². The van der Waals surface area contributed by atoms with E-state index >= 15 is 0 Å². The molecule has 0 aliphatic carbocycles. The van der Waals surface area contributed by atoms with E-state index < -0.39 is 30.6 Å². The average Bonchev–Trinajstić information content (AvgIpc) is 3.20. The molecule has 4 rings (SSSR count). The van der Waals surface area contributed by atoms with Crippen LogP contribution in [0.4, 0.5) is 18.9 Å². The third-order valence-electron chi connectivity index (χ3n) is 4.92. The number of azo groups is 1. The van der Waals surface area contributed by atoms with E-state index in [4.69, 9.17) is 4.74 Å². The number of hydrogen-bond donors (Lipinski definition) is 0.